The number of carboxylic acids is 1. The van der Waals surface area contributed by atoms with E-state index in [9.17, 15) is 9.36 Å². The zero-order valence-electron chi connectivity index (χ0n) is 9.66. The lowest BCUT2D eigenvalue weighted by Gasteiger charge is -2.29. The SMILES string of the molecule is N[C@H](CC1CCC(CP(=O)(O)O)CC1)C(=O)O. The lowest BCUT2D eigenvalue weighted by molar-refractivity contribution is -0.139. The Bertz CT molecular complexity index is 308. The van der Waals surface area contributed by atoms with E-state index in [2.05, 4.69) is 0 Å². The highest BCUT2D eigenvalue weighted by atomic mass is 31.2. The van der Waals surface area contributed by atoms with Gasteiger partial charge in [-0.25, -0.2) is 0 Å². The standard InChI is InChI=1S/C10H20NO5P/c11-9(10(12)13)5-7-1-3-8(4-2-7)6-17(14,15)16/h7-9H,1-6,11H2,(H,12,13)(H2,14,15,16)/t7?,8?,9-/m1/s1. The highest BCUT2D eigenvalue weighted by molar-refractivity contribution is 7.51. The lowest BCUT2D eigenvalue weighted by Crippen LogP contribution is -2.33. The van der Waals surface area contributed by atoms with Crippen LogP contribution in [0.1, 0.15) is 32.1 Å². The van der Waals surface area contributed by atoms with Gasteiger partial charge in [-0.3, -0.25) is 9.36 Å². The minimum absolute atomic E-state index is 0.0509. The molecule has 0 aromatic carbocycles. The van der Waals surface area contributed by atoms with Crippen molar-refractivity contribution >= 4 is 13.6 Å². The Hall–Kier alpha value is -0.420. The van der Waals surface area contributed by atoms with Gasteiger partial charge in [-0.15, -0.1) is 0 Å². The number of aliphatic carboxylic acids is 1. The molecule has 0 saturated heterocycles. The third kappa shape index (κ3) is 5.64. The summed E-state index contributed by atoms with van der Waals surface area (Å²) in [5.41, 5.74) is 5.46. The number of hydrogen-bond donors (Lipinski definition) is 4. The Kier molecular flexibility index (Phi) is 5.13. The molecule has 0 aromatic heterocycles. The lowest BCUT2D eigenvalue weighted by atomic mass is 9.80. The summed E-state index contributed by atoms with van der Waals surface area (Å²) < 4.78 is 10.8. The van der Waals surface area contributed by atoms with Crippen LogP contribution < -0.4 is 5.73 Å². The largest absolute Gasteiger partial charge is 0.480 e. The van der Waals surface area contributed by atoms with E-state index in [0.717, 1.165) is 25.7 Å². The van der Waals surface area contributed by atoms with E-state index in [-0.39, 0.29) is 18.0 Å². The van der Waals surface area contributed by atoms with Crippen LogP contribution in [-0.2, 0) is 9.36 Å². The summed E-state index contributed by atoms with van der Waals surface area (Å²) in [5.74, 6) is -0.649. The first-order valence-electron chi connectivity index (χ1n) is 5.81. The number of carbonyl (C=O) groups is 1. The minimum atomic E-state index is -3.92. The topological polar surface area (TPSA) is 121 Å². The molecule has 7 heteroatoms. The molecule has 1 rings (SSSR count). The molecule has 1 saturated carbocycles. The fraction of sp³-hybridized carbons (Fsp3) is 0.900. The van der Waals surface area contributed by atoms with E-state index in [1.54, 1.807) is 0 Å². The van der Waals surface area contributed by atoms with Crippen LogP contribution in [-0.4, -0.2) is 33.1 Å². The van der Waals surface area contributed by atoms with Crippen molar-refractivity contribution in [3.8, 4) is 0 Å². The Morgan fingerprint density at radius 3 is 2.12 bits per heavy atom. The average Bonchev–Trinajstić information content (AvgIpc) is 2.18. The van der Waals surface area contributed by atoms with E-state index in [4.69, 9.17) is 20.6 Å². The molecule has 1 aliphatic rings. The van der Waals surface area contributed by atoms with Crippen LogP contribution in [0.15, 0.2) is 0 Å². The first kappa shape index (κ1) is 14.6. The fourth-order valence-electron chi connectivity index (χ4n) is 2.45. The minimum Gasteiger partial charge on any atom is -0.480 e. The molecular weight excluding hydrogens is 245 g/mol. The monoisotopic (exact) mass is 265 g/mol. The Labute approximate surface area is 100 Å². The van der Waals surface area contributed by atoms with Gasteiger partial charge in [-0.1, -0.05) is 12.8 Å². The second kappa shape index (κ2) is 5.96. The van der Waals surface area contributed by atoms with E-state index in [0.29, 0.717) is 6.42 Å². The van der Waals surface area contributed by atoms with Gasteiger partial charge >= 0.3 is 13.6 Å². The molecule has 0 aliphatic heterocycles. The van der Waals surface area contributed by atoms with Gasteiger partial charge in [0.25, 0.3) is 0 Å². The van der Waals surface area contributed by atoms with E-state index in [1.165, 1.54) is 0 Å². The van der Waals surface area contributed by atoms with Gasteiger partial charge in [-0.05, 0) is 31.1 Å². The molecule has 0 aromatic rings. The highest BCUT2D eigenvalue weighted by Crippen LogP contribution is 2.42. The summed E-state index contributed by atoms with van der Waals surface area (Å²) in [6.45, 7) is 0. The quantitative estimate of drug-likeness (QED) is 0.545. The Morgan fingerprint density at radius 1 is 1.24 bits per heavy atom. The van der Waals surface area contributed by atoms with Crippen LogP contribution in [0.2, 0.25) is 0 Å². The molecule has 1 atom stereocenters. The molecule has 0 radical (unpaired) electrons. The Morgan fingerprint density at radius 2 is 1.71 bits per heavy atom. The van der Waals surface area contributed by atoms with Crippen LogP contribution in [0, 0.1) is 11.8 Å². The molecule has 100 valence electrons. The van der Waals surface area contributed by atoms with Gasteiger partial charge in [0, 0.05) is 0 Å². The normalized spacial score (nSPS) is 27.7. The molecular formula is C10H20NO5P. The molecule has 0 spiro atoms. The smallest absolute Gasteiger partial charge is 0.325 e. The van der Waals surface area contributed by atoms with Crippen LogP contribution in [0.5, 0.6) is 0 Å². The van der Waals surface area contributed by atoms with Gasteiger partial charge in [0.1, 0.15) is 6.04 Å². The third-order valence-corrected chi connectivity index (χ3v) is 4.36. The van der Waals surface area contributed by atoms with Crippen LogP contribution >= 0.6 is 7.60 Å². The summed E-state index contributed by atoms with van der Waals surface area (Å²) >= 11 is 0. The second-order valence-electron chi connectivity index (χ2n) is 4.91. The van der Waals surface area contributed by atoms with E-state index >= 15 is 0 Å². The van der Waals surface area contributed by atoms with E-state index < -0.39 is 19.6 Å². The van der Waals surface area contributed by atoms with Gasteiger partial charge in [0.15, 0.2) is 0 Å². The second-order valence-corrected chi connectivity index (χ2v) is 6.61. The van der Waals surface area contributed by atoms with Crippen LogP contribution in [0.25, 0.3) is 0 Å². The van der Waals surface area contributed by atoms with Gasteiger partial charge in [0.05, 0.1) is 6.16 Å². The molecule has 0 amide bonds. The summed E-state index contributed by atoms with van der Waals surface area (Å²) in [6.07, 6.45) is 3.53. The third-order valence-electron chi connectivity index (χ3n) is 3.37. The average molecular weight is 265 g/mol. The van der Waals surface area contributed by atoms with Crippen molar-refractivity contribution in [3.63, 3.8) is 0 Å². The van der Waals surface area contributed by atoms with Crippen molar-refractivity contribution in [1.29, 1.82) is 0 Å². The van der Waals surface area contributed by atoms with Gasteiger partial charge < -0.3 is 20.6 Å². The van der Waals surface area contributed by atoms with Crippen LogP contribution in [0.4, 0.5) is 0 Å². The number of rotatable bonds is 5. The van der Waals surface area contributed by atoms with Crippen molar-refractivity contribution in [3.05, 3.63) is 0 Å². The zero-order chi connectivity index (χ0) is 13.1. The number of carboxylic acid groups (broad SMARTS) is 1. The molecule has 0 bridgehead atoms. The summed E-state index contributed by atoms with van der Waals surface area (Å²) in [7, 11) is -3.92. The summed E-state index contributed by atoms with van der Waals surface area (Å²) in [4.78, 5) is 28.3. The summed E-state index contributed by atoms with van der Waals surface area (Å²) in [5, 5.41) is 8.69. The van der Waals surface area contributed by atoms with Crippen molar-refractivity contribution < 1.29 is 24.3 Å². The van der Waals surface area contributed by atoms with Gasteiger partial charge in [0.2, 0.25) is 0 Å². The predicted molar refractivity (Wildman–Crippen MR) is 62.6 cm³/mol. The molecule has 0 heterocycles. The van der Waals surface area contributed by atoms with E-state index in [1.807, 2.05) is 0 Å². The molecule has 5 N–H and O–H groups in total. The predicted octanol–water partition coefficient (Wildman–Crippen LogP) is 0.772. The van der Waals surface area contributed by atoms with Crippen molar-refractivity contribution in [2.45, 2.75) is 38.1 Å². The fourth-order valence-corrected chi connectivity index (χ4v) is 3.48. The van der Waals surface area contributed by atoms with Crippen molar-refractivity contribution in [1.82, 2.24) is 0 Å². The first-order chi connectivity index (χ1) is 7.78. The number of nitrogens with two attached hydrogens (primary N) is 1. The summed E-state index contributed by atoms with van der Waals surface area (Å²) in [6, 6.07) is -0.821. The maximum absolute atomic E-state index is 10.8. The van der Waals surface area contributed by atoms with Crippen LogP contribution in [0.3, 0.4) is 0 Å². The first-order valence-corrected chi connectivity index (χ1v) is 7.60. The maximum atomic E-state index is 10.8. The molecule has 1 aliphatic carbocycles. The molecule has 6 nitrogen and oxygen atoms in total. The van der Waals surface area contributed by atoms with Gasteiger partial charge in [-0.2, -0.15) is 0 Å². The molecule has 17 heavy (non-hydrogen) atoms. The number of hydrogen-bond acceptors (Lipinski definition) is 3. The van der Waals surface area contributed by atoms with Crippen molar-refractivity contribution in [2.24, 2.45) is 17.6 Å². The highest BCUT2D eigenvalue weighted by Gasteiger charge is 2.28. The molecule has 1 fully saturated rings. The maximum Gasteiger partial charge on any atom is 0.325 e. The van der Waals surface area contributed by atoms with Crippen molar-refractivity contribution in [2.75, 3.05) is 6.16 Å². The Balaban J connectivity index is 2.31. The zero-order valence-corrected chi connectivity index (χ0v) is 10.6. The molecule has 0 unspecified atom stereocenters.